The number of rotatable bonds is 57. The van der Waals surface area contributed by atoms with Crippen molar-refractivity contribution in [3.05, 3.63) is 24.3 Å². The van der Waals surface area contributed by atoms with Gasteiger partial charge in [0.2, 0.25) is 0 Å². The summed E-state index contributed by atoms with van der Waals surface area (Å²) in [4.78, 5) is 38.0. The van der Waals surface area contributed by atoms with Crippen LogP contribution in [0.4, 0.5) is 0 Å². The summed E-state index contributed by atoms with van der Waals surface area (Å²) in [6.07, 6.45) is 69.2. The van der Waals surface area contributed by atoms with Gasteiger partial charge < -0.3 is 14.2 Å². The molecule has 6 heteroatoms. The zero-order chi connectivity index (χ0) is 50.0. The van der Waals surface area contributed by atoms with E-state index >= 15 is 0 Å². The van der Waals surface area contributed by atoms with Gasteiger partial charge in [0.25, 0.3) is 0 Å². The van der Waals surface area contributed by atoms with Gasteiger partial charge >= 0.3 is 17.9 Å². The van der Waals surface area contributed by atoms with Gasteiger partial charge in [-0.25, -0.2) is 0 Å². The van der Waals surface area contributed by atoms with Crippen LogP contribution < -0.4 is 0 Å². The maximum atomic E-state index is 12.8. The standard InChI is InChI=1S/C63H118O6/c1-4-7-10-13-16-19-21-23-25-26-27-28-29-30-31-32-33-34-35-36-37-38-39-41-42-44-47-50-53-56-62(65)68-59-60(58-67-61(64)55-52-49-46-18-15-12-9-6-3)69-63(66)57-54-51-48-45-43-40-24-22-20-17-14-11-8-5-2/h21,23,26-27,60H,4-20,22,24-25,28-59H2,1-3H3/b23-21-,27-26-. The molecule has 0 aliphatic heterocycles. The predicted octanol–water partition coefficient (Wildman–Crippen LogP) is 20.7. The van der Waals surface area contributed by atoms with E-state index in [1.54, 1.807) is 0 Å². The monoisotopic (exact) mass is 971 g/mol. The molecule has 0 fully saturated rings. The maximum absolute atomic E-state index is 12.8. The first kappa shape index (κ1) is 66.9. The molecule has 0 aliphatic rings. The highest BCUT2D eigenvalue weighted by atomic mass is 16.6. The molecule has 0 spiro atoms. The van der Waals surface area contributed by atoms with Gasteiger partial charge in [-0.15, -0.1) is 0 Å². The van der Waals surface area contributed by atoms with Gasteiger partial charge in [-0.3, -0.25) is 14.4 Å². The first-order valence-electron chi connectivity index (χ1n) is 30.8. The maximum Gasteiger partial charge on any atom is 0.306 e. The molecule has 0 aliphatic carbocycles. The molecule has 0 aromatic heterocycles. The smallest absolute Gasteiger partial charge is 0.306 e. The molecule has 0 bridgehead atoms. The highest BCUT2D eigenvalue weighted by Crippen LogP contribution is 2.17. The zero-order valence-electron chi connectivity index (χ0n) is 46.6. The molecule has 0 heterocycles. The first-order valence-corrected chi connectivity index (χ1v) is 30.8. The van der Waals surface area contributed by atoms with Crippen molar-refractivity contribution in [3.63, 3.8) is 0 Å². The lowest BCUT2D eigenvalue weighted by molar-refractivity contribution is -0.167. The molecule has 0 saturated heterocycles. The van der Waals surface area contributed by atoms with Crippen molar-refractivity contribution in [1.29, 1.82) is 0 Å². The fourth-order valence-electron chi connectivity index (χ4n) is 9.30. The second kappa shape index (κ2) is 58.5. The molecule has 0 rings (SSSR count). The molecular formula is C63H118O6. The summed E-state index contributed by atoms with van der Waals surface area (Å²) < 4.78 is 16.8. The van der Waals surface area contributed by atoms with E-state index in [1.165, 1.54) is 238 Å². The van der Waals surface area contributed by atoms with Crippen LogP contribution in [-0.4, -0.2) is 37.2 Å². The number of carbonyl (C=O) groups excluding carboxylic acids is 3. The molecule has 1 atom stereocenters. The van der Waals surface area contributed by atoms with E-state index in [9.17, 15) is 14.4 Å². The van der Waals surface area contributed by atoms with Crippen LogP contribution in [0, 0.1) is 0 Å². The van der Waals surface area contributed by atoms with Gasteiger partial charge in [0.15, 0.2) is 6.10 Å². The minimum Gasteiger partial charge on any atom is -0.462 e. The van der Waals surface area contributed by atoms with Crippen LogP contribution >= 0.6 is 0 Å². The molecule has 1 unspecified atom stereocenters. The van der Waals surface area contributed by atoms with Crippen molar-refractivity contribution in [3.8, 4) is 0 Å². The topological polar surface area (TPSA) is 78.9 Å². The Morgan fingerprint density at radius 3 is 0.797 bits per heavy atom. The second-order valence-electron chi connectivity index (χ2n) is 21.0. The van der Waals surface area contributed by atoms with Crippen LogP contribution in [0.2, 0.25) is 0 Å². The number of hydrogen-bond acceptors (Lipinski definition) is 6. The van der Waals surface area contributed by atoms with E-state index in [0.717, 1.165) is 64.2 Å². The Morgan fingerprint density at radius 1 is 0.290 bits per heavy atom. The van der Waals surface area contributed by atoms with Gasteiger partial charge in [-0.05, 0) is 51.4 Å². The Kier molecular flexibility index (Phi) is 56.7. The summed E-state index contributed by atoms with van der Waals surface area (Å²) in [5.74, 6) is -0.847. The van der Waals surface area contributed by atoms with Gasteiger partial charge in [0.05, 0.1) is 0 Å². The molecule has 69 heavy (non-hydrogen) atoms. The molecule has 0 saturated carbocycles. The van der Waals surface area contributed by atoms with Crippen molar-refractivity contribution in [1.82, 2.24) is 0 Å². The first-order chi connectivity index (χ1) is 34.0. The fraction of sp³-hybridized carbons (Fsp3) is 0.889. The van der Waals surface area contributed by atoms with E-state index in [-0.39, 0.29) is 31.1 Å². The van der Waals surface area contributed by atoms with Crippen molar-refractivity contribution in [2.45, 2.75) is 348 Å². The van der Waals surface area contributed by atoms with Gasteiger partial charge in [0.1, 0.15) is 13.2 Å². The van der Waals surface area contributed by atoms with Crippen molar-refractivity contribution in [2.75, 3.05) is 13.2 Å². The lowest BCUT2D eigenvalue weighted by Crippen LogP contribution is -2.30. The third-order valence-corrected chi connectivity index (χ3v) is 14.0. The molecule has 406 valence electrons. The Balaban J connectivity index is 4.03. The van der Waals surface area contributed by atoms with Crippen LogP contribution in [0.1, 0.15) is 342 Å². The molecule has 0 aromatic carbocycles. The minimum atomic E-state index is -0.763. The van der Waals surface area contributed by atoms with Crippen LogP contribution in [0.5, 0.6) is 0 Å². The lowest BCUT2D eigenvalue weighted by Gasteiger charge is -2.18. The average Bonchev–Trinajstić information content (AvgIpc) is 3.35. The molecule has 0 amide bonds. The van der Waals surface area contributed by atoms with Crippen LogP contribution in [0.15, 0.2) is 24.3 Å². The average molecular weight is 972 g/mol. The van der Waals surface area contributed by atoms with Crippen LogP contribution in [0.25, 0.3) is 0 Å². The molecule has 0 aromatic rings. The molecular weight excluding hydrogens is 853 g/mol. The zero-order valence-corrected chi connectivity index (χ0v) is 46.6. The number of allylic oxidation sites excluding steroid dienone is 4. The Labute approximate surface area is 430 Å². The molecule has 0 radical (unpaired) electrons. The summed E-state index contributed by atoms with van der Waals surface area (Å²) in [6.45, 7) is 6.65. The largest absolute Gasteiger partial charge is 0.462 e. The molecule has 6 nitrogen and oxygen atoms in total. The van der Waals surface area contributed by atoms with Crippen molar-refractivity contribution < 1.29 is 28.6 Å². The van der Waals surface area contributed by atoms with Crippen molar-refractivity contribution >= 4 is 17.9 Å². The van der Waals surface area contributed by atoms with Crippen molar-refractivity contribution in [2.24, 2.45) is 0 Å². The highest BCUT2D eigenvalue weighted by molar-refractivity contribution is 5.71. The van der Waals surface area contributed by atoms with E-state index in [1.807, 2.05) is 0 Å². The number of hydrogen-bond donors (Lipinski definition) is 0. The van der Waals surface area contributed by atoms with Crippen LogP contribution in [-0.2, 0) is 28.6 Å². The van der Waals surface area contributed by atoms with Gasteiger partial charge in [-0.1, -0.05) is 295 Å². The SMILES string of the molecule is CCCCCCC/C=C\C/C=C\CCCCCCCCCCCCCCCCCCCC(=O)OCC(COC(=O)CCCCCCCCCC)OC(=O)CCCCCCCCCCCCCCCC. The summed E-state index contributed by atoms with van der Waals surface area (Å²) in [7, 11) is 0. The summed E-state index contributed by atoms with van der Waals surface area (Å²) in [5, 5.41) is 0. The van der Waals surface area contributed by atoms with E-state index in [0.29, 0.717) is 19.3 Å². The quantitative estimate of drug-likeness (QED) is 0.0261. The lowest BCUT2D eigenvalue weighted by atomic mass is 10.0. The normalized spacial score (nSPS) is 12.1. The number of carbonyl (C=O) groups is 3. The van der Waals surface area contributed by atoms with E-state index < -0.39 is 6.10 Å². The Morgan fingerprint density at radius 2 is 0.522 bits per heavy atom. The third-order valence-electron chi connectivity index (χ3n) is 14.0. The Hall–Kier alpha value is -2.11. The number of ether oxygens (including phenoxy) is 3. The third kappa shape index (κ3) is 56.7. The second-order valence-corrected chi connectivity index (χ2v) is 21.0. The molecule has 0 N–H and O–H groups in total. The number of unbranched alkanes of at least 4 members (excludes halogenated alkanes) is 42. The summed E-state index contributed by atoms with van der Waals surface area (Å²) in [5.41, 5.74) is 0. The fourth-order valence-corrected chi connectivity index (χ4v) is 9.30. The van der Waals surface area contributed by atoms with E-state index in [2.05, 4.69) is 45.1 Å². The minimum absolute atomic E-state index is 0.0648. The van der Waals surface area contributed by atoms with Crippen LogP contribution in [0.3, 0.4) is 0 Å². The number of esters is 3. The summed E-state index contributed by atoms with van der Waals surface area (Å²) >= 11 is 0. The predicted molar refractivity (Wildman–Crippen MR) is 298 cm³/mol. The van der Waals surface area contributed by atoms with Gasteiger partial charge in [-0.2, -0.15) is 0 Å². The highest BCUT2D eigenvalue weighted by Gasteiger charge is 2.19. The Bertz CT molecular complexity index is 1110. The summed E-state index contributed by atoms with van der Waals surface area (Å²) in [6, 6.07) is 0. The van der Waals surface area contributed by atoms with Gasteiger partial charge in [0, 0.05) is 19.3 Å². The van der Waals surface area contributed by atoms with E-state index in [4.69, 9.17) is 14.2 Å².